The molecule has 1 atom stereocenters. The Morgan fingerprint density at radius 2 is 1.52 bits per heavy atom. The third-order valence-corrected chi connectivity index (χ3v) is 8.50. The molecule has 0 saturated heterocycles. The van der Waals surface area contributed by atoms with Crippen LogP contribution >= 0.6 is 0 Å². The normalized spacial score (nSPS) is 33.4. The third kappa shape index (κ3) is 3.42. The summed E-state index contributed by atoms with van der Waals surface area (Å²) in [7, 11) is -3.91. The summed E-state index contributed by atoms with van der Waals surface area (Å²) in [5.74, 6) is 0.617. The molecule has 6 heteroatoms. The standard InChI is InChI=1S/C21H29NO4S/c1-13(2)17-3-5-18(6-4-17)27(25,26)22-19(20(23)24)21-10-14-7-15(11-21)9-16(8-14)12-21/h3-6,13-16,19,22H,7-12H2,1-2H3,(H,23,24)/p-1/t14?,15?,16?,19-,21?/m1/s1. The van der Waals surface area contributed by atoms with Crippen molar-refractivity contribution in [3.8, 4) is 0 Å². The van der Waals surface area contributed by atoms with Crippen LogP contribution in [0.5, 0.6) is 0 Å². The van der Waals surface area contributed by atoms with E-state index in [-0.39, 0.29) is 4.90 Å². The number of rotatable bonds is 6. The molecule has 0 heterocycles. The van der Waals surface area contributed by atoms with Gasteiger partial charge in [0.15, 0.2) is 0 Å². The van der Waals surface area contributed by atoms with Crippen LogP contribution in [0.3, 0.4) is 0 Å². The Bertz CT molecular complexity index is 793. The molecule has 4 aliphatic carbocycles. The monoisotopic (exact) mass is 390 g/mol. The molecule has 148 valence electrons. The van der Waals surface area contributed by atoms with E-state index < -0.39 is 27.4 Å². The van der Waals surface area contributed by atoms with Crippen LogP contribution in [-0.2, 0) is 14.8 Å². The van der Waals surface area contributed by atoms with Gasteiger partial charge in [0.1, 0.15) is 0 Å². The zero-order valence-electron chi connectivity index (χ0n) is 16.0. The summed E-state index contributed by atoms with van der Waals surface area (Å²) in [4.78, 5) is 12.1. The van der Waals surface area contributed by atoms with E-state index in [9.17, 15) is 18.3 Å². The molecular formula is C21H28NO4S-. The molecule has 4 saturated carbocycles. The molecule has 4 bridgehead atoms. The van der Waals surface area contributed by atoms with Crippen LogP contribution in [0.2, 0.25) is 0 Å². The molecule has 1 aromatic rings. The van der Waals surface area contributed by atoms with Crippen molar-refractivity contribution >= 4 is 16.0 Å². The van der Waals surface area contributed by atoms with Crippen LogP contribution in [0.4, 0.5) is 0 Å². The molecule has 4 fully saturated rings. The van der Waals surface area contributed by atoms with Crippen molar-refractivity contribution < 1.29 is 18.3 Å². The van der Waals surface area contributed by atoms with Gasteiger partial charge in [-0.05, 0) is 85.3 Å². The molecule has 0 aliphatic heterocycles. The molecule has 0 spiro atoms. The van der Waals surface area contributed by atoms with Gasteiger partial charge in [0.05, 0.1) is 16.9 Å². The van der Waals surface area contributed by atoms with Crippen LogP contribution < -0.4 is 9.83 Å². The van der Waals surface area contributed by atoms with Gasteiger partial charge >= 0.3 is 0 Å². The van der Waals surface area contributed by atoms with Crippen molar-refractivity contribution in [2.24, 2.45) is 23.2 Å². The summed E-state index contributed by atoms with van der Waals surface area (Å²) >= 11 is 0. The van der Waals surface area contributed by atoms with Crippen molar-refractivity contribution in [3.63, 3.8) is 0 Å². The summed E-state index contributed by atoms with van der Waals surface area (Å²) in [6, 6.07) is 5.55. The van der Waals surface area contributed by atoms with E-state index in [1.165, 1.54) is 19.3 Å². The SMILES string of the molecule is CC(C)c1ccc(S(=O)(=O)N[C@H](C(=O)[O-])C23CC4CC(CC(C4)C2)C3)cc1. The van der Waals surface area contributed by atoms with Crippen molar-refractivity contribution in [3.05, 3.63) is 29.8 Å². The quantitative estimate of drug-likeness (QED) is 0.808. The van der Waals surface area contributed by atoms with Gasteiger partial charge in [-0.1, -0.05) is 26.0 Å². The van der Waals surface area contributed by atoms with Gasteiger partial charge in [0.2, 0.25) is 10.0 Å². The van der Waals surface area contributed by atoms with Crippen LogP contribution in [0.1, 0.15) is 63.9 Å². The number of nitrogens with one attached hydrogen (secondary N) is 1. The maximum Gasteiger partial charge on any atom is 0.241 e. The number of carboxylic acids is 1. The zero-order chi connectivity index (χ0) is 19.4. The molecule has 1 N–H and O–H groups in total. The first kappa shape index (κ1) is 18.9. The van der Waals surface area contributed by atoms with Crippen molar-refractivity contribution in [1.29, 1.82) is 0 Å². The molecule has 5 rings (SSSR count). The Hall–Kier alpha value is -1.40. The first-order valence-electron chi connectivity index (χ1n) is 10.0. The number of carbonyl (C=O) groups is 1. The van der Waals surface area contributed by atoms with E-state index in [0.717, 1.165) is 24.8 Å². The predicted octanol–water partition coefficient (Wildman–Crippen LogP) is 2.42. The smallest absolute Gasteiger partial charge is 0.241 e. The van der Waals surface area contributed by atoms with E-state index in [4.69, 9.17) is 0 Å². The minimum Gasteiger partial charge on any atom is -0.548 e. The summed E-state index contributed by atoms with van der Waals surface area (Å²) in [5.41, 5.74) is 0.560. The highest BCUT2D eigenvalue weighted by molar-refractivity contribution is 7.89. The third-order valence-electron chi connectivity index (χ3n) is 7.06. The van der Waals surface area contributed by atoms with Crippen molar-refractivity contribution in [2.75, 3.05) is 0 Å². The minimum absolute atomic E-state index is 0.114. The Morgan fingerprint density at radius 3 is 1.93 bits per heavy atom. The number of hydrogen-bond donors (Lipinski definition) is 1. The van der Waals surface area contributed by atoms with E-state index in [2.05, 4.69) is 4.72 Å². The summed E-state index contributed by atoms with van der Waals surface area (Å²) in [5, 5.41) is 12.0. The molecule has 0 radical (unpaired) electrons. The second-order valence-corrected chi connectivity index (χ2v) is 11.1. The Balaban J connectivity index is 1.61. The van der Waals surface area contributed by atoms with Gasteiger partial charge in [-0.2, -0.15) is 0 Å². The van der Waals surface area contributed by atoms with E-state index in [0.29, 0.717) is 23.7 Å². The highest BCUT2D eigenvalue weighted by atomic mass is 32.2. The first-order valence-corrected chi connectivity index (χ1v) is 11.5. The van der Waals surface area contributed by atoms with Crippen LogP contribution in [-0.4, -0.2) is 20.4 Å². The van der Waals surface area contributed by atoms with Crippen LogP contribution in [0.25, 0.3) is 0 Å². The van der Waals surface area contributed by atoms with E-state index in [1.807, 2.05) is 13.8 Å². The van der Waals surface area contributed by atoms with Gasteiger partial charge in [-0.3, -0.25) is 0 Å². The summed E-state index contributed by atoms with van der Waals surface area (Å²) in [6.07, 6.45) is 5.90. The van der Waals surface area contributed by atoms with Crippen molar-refractivity contribution in [1.82, 2.24) is 4.72 Å². The molecule has 5 nitrogen and oxygen atoms in total. The summed E-state index contributed by atoms with van der Waals surface area (Å²) in [6.45, 7) is 4.09. The predicted molar refractivity (Wildman–Crippen MR) is 100 cm³/mol. The number of hydrogen-bond acceptors (Lipinski definition) is 4. The largest absolute Gasteiger partial charge is 0.548 e. The average molecular weight is 391 g/mol. The number of benzene rings is 1. The topological polar surface area (TPSA) is 86.3 Å². The van der Waals surface area contributed by atoms with Gasteiger partial charge in [-0.25, -0.2) is 13.1 Å². The lowest BCUT2D eigenvalue weighted by atomic mass is 9.48. The zero-order valence-corrected chi connectivity index (χ0v) is 16.8. The van der Waals surface area contributed by atoms with Gasteiger partial charge in [0, 0.05) is 0 Å². The van der Waals surface area contributed by atoms with Crippen LogP contribution in [0, 0.1) is 23.2 Å². The lowest BCUT2D eigenvalue weighted by Gasteiger charge is -2.59. The molecule has 0 amide bonds. The first-order chi connectivity index (χ1) is 12.7. The average Bonchev–Trinajstić information content (AvgIpc) is 2.58. The number of carboxylic acid groups (broad SMARTS) is 1. The Kier molecular flexibility index (Phi) is 4.62. The molecule has 4 aliphatic rings. The molecule has 0 unspecified atom stereocenters. The van der Waals surface area contributed by atoms with Crippen LogP contribution in [0.15, 0.2) is 29.2 Å². The second-order valence-electron chi connectivity index (χ2n) is 9.38. The molecule has 27 heavy (non-hydrogen) atoms. The maximum absolute atomic E-state index is 12.9. The highest BCUT2D eigenvalue weighted by Gasteiger charge is 2.55. The molecular weight excluding hydrogens is 362 g/mol. The minimum atomic E-state index is -3.91. The van der Waals surface area contributed by atoms with E-state index in [1.54, 1.807) is 24.3 Å². The number of carbonyl (C=O) groups excluding carboxylic acids is 1. The van der Waals surface area contributed by atoms with E-state index >= 15 is 0 Å². The van der Waals surface area contributed by atoms with Gasteiger partial charge in [-0.15, -0.1) is 0 Å². The van der Waals surface area contributed by atoms with Gasteiger partial charge < -0.3 is 9.90 Å². The molecule has 0 aromatic heterocycles. The number of aliphatic carboxylic acids is 1. The van der Waals surface area contributed by atoms with Crippen molar-refractivity contribution in [2.45, 2.75) is 69.2 Å². The maximum atomic E-state index is 12.9. The number of sulfonamides is 1. The highest BCUT2D eigenvalue weighted by Crippen LogP contribution is 2.61. The molecule has 1 aromatic carbocycles. The Labute approximate surface area is 161 Å². The fraction of sp³-hybridized carbons (Fsp3) is 0.667. The lowest BCUT2D eigenvalue weighted by molar-refractivity contribution is -0.313. The fourth-order valence-electron chi connectivity index (χ4n) is 6.21. The fourth-order valence-corrected chi connectivity index (χ4v) is 7.50. The van der Waals surface area contributed by atoms with Gasteiger partial charge in [0.25, 0.3) is 0 Å². The summed E-state index contributed by atoms with van der Waals surface area (Å²) < 4.78 is 28.4. The Morgan fingerprint density at radius 1 is 1.04 bits per heavy atom. The lowest BCUT2D eigenvalue weighted by Crippen LogP contribution is -2.62. The second kappa shape index (κ2) is 6.59.